The van der Waals surface area contributed by atoms with Gasteiger partial charge in [-0.05, 0) is 174 Å². The Morgan fingerprint density at radius 3 is 0.885 bits per heavy atom. The van der Waals surface area contributed by atoms with Gasteiger partial charge in [-0.15, -0.1) is 23.2 Å². The third-order valence-electron chi connectivity index (χ3n) is 13.0. The van der Waals surface area contributed by atoms with Crippen LogP contribution in [0.3, 0.4) is 0 Å². The number of hydrogen-bond acceptors (Lipinski definition) is 3. The van der Waals surface area contributed by atoms with Gasteiger partial charge in [-0.1, -0.05) is 143 Å². The summed E-state index contributed by atoms with van der Waals surface area (Å²) in [5, 5.41) is 0.546. The molecule has 0 bridgehead atoms. The van der Waals surface area contributed by atoms with E-state index in [0.29, 0.717) is 36.9 Å². The van der Waals surface area contributed by atoms with Crippen molar-refractivity contribution in [2.75, 3.05) is 0 Å². The van der Waals surface area contributed by atoms with E-state index in [0.717, 1.165) is 74.0 Å². The third-order valence-corrected chi connectivity index (χ3v) is 13.4. The van der Waals surface area contributed by atoms with Crippen LogP contribution < -0.4 is 0 Å². The minimum absolute atomic E-state index is 0.273. The van der Waals surface area contributed by atoms with Gasteiger partial charge in [-0.3, -0.25) is 0 Å². The summed E-state index contributed by atoms with van der Waals surface area (Å²) in [5.74, 6) is 7.25. The van der Waals surface area contributed by atoms with Crippen LogP contribution in [0.4, 0.5) is 0 Å². The lowest BCUT2D eigenvalue weighted by Gasteiger charge is -2.27. The van der Waals surface area contributed by atoms with Gasteiger partial charge in [0, 0.05) is 10.8 Å². The molecule has 0 aromatic heterocycles. The first-order valence-corrected chi connectivity index (χ1v) is 26.1. The van der Waals surface area contributed by atoms with Gasteiger partial charge in [-0.25, -0.2) is 0 Å². The molecule has 14 unspecified atom stereocenters. The molecule has 3 nitrogen and oxygen atoms in total. The molecule has 2 rings (SSSR count). The quantitative estimate of drug-likeness (QED) is 0.0504. The summed E-state index contributed by atoms with van der Waals surface area (Å²) in [6.45, 7) is 29.7. The first kappa shape index (κ1) is 56.0. The first-order chi connectivity index (χ1) is 29.0. The van der Waals surface area contributed by atoms with E-state index < -0.39 is 0 Å². The summed E-state index contributed by atoms with van der Waals surface area (Å²) in [5.41, 5.74) is 2.35. The van der Waals surface area contributed by atoms with E-state index in [1.807, 2.05) is 0 Å². The van der Waals surface area contributed by atoms with Crippen molar-refractivity contribution in [2.24, 2.45) is 59.2 Å². The van der Waals surface area contributed by atoms with E-state index in [4.69, 9.17) is 37.4 Å². The summed E-state index contributed by atoms with van der Waals surface area (Å²) < 4.78 is 20.0. The van der Waals surface area contributed by atoms with E-state index in [1.54, 1.807) is 0 Å². The van der Waals surface area contributed by atoms with Gasteiger partial charge in [-0.2, -0.15) is 0 Å². The number of benzene rings is 2. The molecule has 0 aliphatic rings. The van der Waals surface area contributed by atoms with Gasteiger partial charge in [0.05, 0.1) is 13.2 Å². The minimum Gasteiger partial charge on any atom is -0.348 e. The minimum atomic E-state index is -0.307. The maximum absolute atomic E-state index is 6.84. The van der Waals surface area contributed by atoms with Crippen LogP contribution in [-0.2, 0) is 27.4 Å². The highest BCUT2D eigenvalue weighted by atomic mass is 35.5. The fourth-order valence-corrected chi connectivity index (χ4v) is 11.6. The lowest BCUT2D eigenvalue weighted by atomic mass is 9.82. The number of halogens is 2. The third kappa shape index (κ3) is 29.1. The highest BCUT2D eigenvalue weighted by molar-refractivity contribution is 6.20. The molecule has 5 heteroatoms. The van der Waals surface area contributed by atoms with Crippen LogP contribution in [0.5, 0.6) is 0 Å². The summed E-state index contributed by atoms with van der Waals surface area (Å²) >= 11 is 12.6. The Labute approximate surface area is 388 Å². The van der Waals surface area contributed by atoms with Crippen molar-refractivity contribution in [2.45, 2.75) is 222 Å². The SMILES string of the molecule is CC(Cl)CC(C)CC(C)CC(C)CC(C)CC(C)CCCC(OCc1ccccc1)OC(CCCC(C)CC(C)CC(C)CC(C)CC(C)CC(C)Cl)OCc1ccccc1. The average Bonchev–Trinajstić information content (AvgIpc) is 3.15. The van der Waals surface area contributed by atoms with Crippen LogP contribution in [0.15, 0.2) is 60.7 Å². The molecule has 0 aliphatic carbocycles. The van der Waals surface area contributed by atoms with Gasteiger partial charge >= 0.3 is 0 Å². The van der Waals surface area contributed by atoms with E-state index in [2.05, 4.69) is 144 Å². The molecule has 0 amide bonds. The topological polar surface area (TPSA) is 27.7 Å². The zero-order valence-corrected chi connectivity index (χ0v) is 43.1. The molecule has 14 atom stereocenters. The molecule has 0 fully saturated rings. The van der Waals surface area contributed by atoms with Crippen molar-refractivity contribution in [1.29, 1.82) is 0 Å². The van der Waals surface area contributed by atoms with Crippen LogP contribution in [0.1, 0.15) is 197 Å². The van der Waals surface area contributed by atoms with Crippen LogP contribution in [-0.4, -0.2) is 23.3 Å². The van der Waals surface area contributed by atoms with E-state index in [9.17, 15) is 0 Å². The zero-order chi connectivity index (χ0) is 45.2. The van der Waals surface area contributed by atoms with Crippen molar-refractivity contribution in [3.8, 4) is 0 Å². The molecule has 0 heterocycles. The second kappa shape index (κ2) is 32.5. The van der Waals surface area contributed by atoms with Crippen LogP contribution in [0.2, 0.25) is 0 Å². The molecule has 61 heavy (non-hydrogen) atoms. The van der Waals surface area contributed by atoms with Crippen molar-refractivity contribution < 1.29 is 14.2 Å². The highest BCUT2D eigenvalue weighted by Gasteiger charge is 2.22. The molecule has 0 saturated carbocycles. The molecular formula is C56H96Cl2O3. The first-order valence-electron chi connectivity index (χ1n) is 25.2. The molecule has 0 spiro atoms. The second-order valence-corrected chi connectivity index (χ2v) is 22.9. The van der Waals surface area contributed by atoms with Gasteiger partial charge in [0.2, 0.25) is 0 Å². The summed E-state index contributed by atoms with van der Waals surface area (Å²) in [6, 6.07) is 21.0. The lowest BCUT2D eigenvalue weighted by Crippen LogP contribution is -2.27. The normalized spacial score (nSPS) is 19.1. The van der Waals surface area contributed by atoms with Crippen molar-refractivity contribution in [1.82, 2.24) is 0 Å². The van der Waals surface area contributed by atoms with Crippen molar-refractivity contribution in [3.63, 3.8) is 0 Å². The monoisotopic (exact) mass is 887 g/mol. The maximum Gasteiger partial charge on any atom is 0.161 e. The molecule has 0 radical (unpaired) electrons. The Balaban J connectivity index is 1.94. The summed E-state index contributed by atoms with van der Waals surface area (Å²) in [6.07, 6.45) is 18.3. The smallest absolute Gasteiger partial charge is 0.161 e. The van der Waals surface area contributed by atoms with Crippen molar-refractivity contribution in [3.05, 3.63) is 71.8 Å². The Hall–Kier alpha value is -1.10. The lowest BCUT2D eigenvalue weighted by molar-refractivity contribution is -0.257. The summed E-state index contributed by atoms with van der Waals surface area (Å²) in [7, 11) is 0. The number of alkyl halides is 2. The molecule has 0 aliphatic heterocycles. The highest BCUT2D eigenvalue weighted by Crippen LogP contribution is 2.32. The standard InChI is InChI=1S/C56H96Cl2O3/c1-41(29-43(3)31-45(5)33-47(7)35-49(9)37-51(11)57)21-19-27-55(59-39-53-23-15-13-16-24-53)61-56(60-40-54-25-17-14-18-26-54)28-20-22-42(2)30-44(4)32-46(6)34-48(8)36-50(10)38-52(12)58/h13-18,23-26,41-52,55-56H,19-22,27-40H2,1-12H3. The maximum atomic E-state index is 6.84. The van der Waals surface area contributed by atoms with Crippen LogP contribution in [0.25, 0.3) is 0 Å². The predicted molar refractivity (Wildman–Crippen MR) is 267 cm³/mol. The van der Waals surface area contributed by atoms with Gasteiger partial charge < -0.3 is 14.2 Å². The number of hydrogen-bond donors (Lipinski definition) is 0. The average molecular weight is 888 g/mol. The predicted octanol–water partition coefficient (Wildman–Crippen LogP) is 17.9. The Kier molecular flexibility index (Phi) is 29.9. The Bertz CT molecular complexity index is 1210. The van der Waals surface area contributed by atoms with Crippen molar-refractivity contribution >= 4 is 23.2 Å². The second-order valence-electron chi connectivity index (χ2n) is 21.4. The largest absolute Gasteiger partial charge is 0.348 e. The Morgan fingerprint density at radius 1 is 0.344 bits per heavy atom. The fraction of sp³-hybridized carbons (Fsp3) is 0.786. The molecule has 2 aromatic carbocycles. The van der Waals surface area contributed by atoms with Crippen LogP contribution >= 0.6 is 23.2 Å². The number of rotatable bonds is 36. The molecule has 0 saturated heterocycles. The van der Waals surface area contributed by atoms with Gasteiger partial charge in [0.25, 0.3) is 0 Å². The molecular weight excluding hydrogens is 792 g/mol. The van der Waals surface area contributed by atoms with E-state index in [1.165, 1.54) is 75.3 Å². The molecule has 0 N–H and O–H groups in total. The Morgan fingerprint density at radius 2 is 0.607 bits per heavy atom. The summed E-state index contributed by atoms with van der Waals surface area (Å²) in [4.78, 5) is 0. The zero-order valence-electron chi connectivity index (χ0n) is 41.6. The van der Waals surface area contributed by atoms with E-state index >= 15 is 0 Å². The van der Waals surface area contributed by atoms with E-state index in [-0.39, 0.29) is 23.3 Å². The molecule has 2 aromatic rings. The fourth-order valence-electron chi connectivity index (χ4n) is 11.0. The van der Waals surface area contributed by atoms with Gasteiger partial charge in [0.15, 0.2) is 12.6 Å². The van der Waals surface area contributed by atoms with Crippen LogP contribution in [0, 0.1) is 59.2 Å². The van der Waals surface area contributed by atoms with Gasteiger partial charge in [0.1, 0.15) is 0 Å². The molecule has 352 valence electrons. The number of ether oxygens (including phenoxy) is 3.